The van der Waals surface area contributed by atoms with Crippen molar-refractivity contribution < 1.29 is 4.79 Å². The minimum atomic E-state index is -0.346. The van der Waals surface area contributed by atoms with Crippen molar-refractivity contribution >= 4 is 11.8 Å². The molecule has 0 aliphatic heterocycles. The molecule has 4 nitrogen and oxygen atoms in total. The zero-order valence-electron chi connectivity index (χ0n) is 4.35. The molecule has 0 rings (SSSR count). The van der Waals surface area contributed by atoms with Gasteiger partial charge in [-0.3, -0.25) is 4.79 Å². The van der Waals surface area contributed by atoms with Crippen LogP contribution in [-0.2, 0) is 4.79 Å². The van der Waals surface area contributed by atoms with Crippen molar-refractivity contribution in [2.45, 2.75) is 0 Å². The van der Waals surface area contributed by atoms with E-state index in [2.05, 4.69) is 23.0 Å². The third-order valence-electron chi connectivity index (χ3n) is 0.445. The predicted molar refractivity (Wildman–Crippen MR) is 30.3 cm³/mol. The van der Waals surface area contributed by atoms with Crippen LogP contribution in [0.1, 0.15) is 0 Å². The quantitative estimate of drug-likeness (QED) is 0.350. The SMILES string of the molecule is C=C=NNC(=O)CN. The number of carbonyl (C=O) groups excluding carboxylic acids is 1. The number of hydrazone groups is 1. The summed E-state index contributed by atoms with van der Waals surface area (Å²) in [5.41, 5.74) is 6.96. The lowest BCUT2D eigenvalue weighted by Gasteiger charge is -1.88. The van der Waals surface area contributed by atoms with Crippen LogP contribution in [0.4, 0.5) is 0 Å². The zero-order chi connectivity index (χ0) is 6.41. The van der Waals surface area contributed by atoms with Gasteiger partial charge in [-0.25, -0.2) is 5.43 Å². The van der Waals surface area contributed by atoms with E-state index >= 15 is 0 Å². The lowest BCUT2D eigenvalue weighted by atomic mass is 10.6. The summed E-state index contributed by atoms with van der Waals surface area (Å²) in [7, 11) is 0. The van der Waals surface area contributed by atoms with Crippen molar-refractivity contribution in [2.75, 3.05) is 6.54 Å². The van der Waals surface area contributed by atoms with Crippen LogP contribution in [0, 0.1) is 0 Å². The first-order valence-electron chi connectivity index (χ1n) is 2.02. The monoisotopic (exact) mass is 113 g/mol. The standard InChI is InChI=1S/C4H7N3O/c1-2-6-7-4(8)3-5/h1,3,5H2,(H,7,8). The van der Waals surface area contributed by atoms with E-state index in [0.717, 1.165) is 0 Å². The van der Waals surface area contributed by atoms with Gasteiger partial charge in [0.2, 0.25) is 0 Å². The largest absolute Gasteiger partial charge is 0.322 e. The van der Waals surface area contributed by atoms with Crippen molar-refractivity contribution in [3.63, 3.8) is 0 Å². The highest BCUT2D eigenvalue weighted by molar-refractivity contribution is 5.77. The van der Waals surface area contributed by atoms with E-state index in [1.165, 1.54) is 0 Å². The molecule has 0 fully saturated rings. The molecule has 0 aromatic carbocycles. The van der Waals surface area contributed by atoms with Crippen LogP contribution in [0.5, 0.6) is 0 Å². The summed E-state index contributed by atoms with van der Waals surface area (Å²) < 4.78 is 0. The van der Waals surface area contributed by atoms with Crippen LogP contribution in [0.25, 0.3) is 0 Å². The number of nitrogens with two attached hydrogens (primary N) is 1. The Morgan fingerprint density at radius 1 is 2.00 bits per heavy atom. The molecule has 0 atom stereocenters. The fourth-order valence-electron chi connectivity index (χ4n) is 0.148. The highest BCUT2D eigenvalue weighted by Gasteiger charge is 1.88. The molecule has 0 spiro atoms. The molecule has 4 heteroatoms. The Balaban J connectivity index is 3.39. The number of carbonyl (C=O) groups is 1. The van der Waals surface area contributed by atoms with Crippen molar-refractivity contribution in [1.82, 2.24) is 5.43 Å². The Morgan fingerprint density at radius 2 is 2.62 bits per heavy atom. The Kier molecular flexibility index (Phi) is 3.48. The summed E-state index contributed by atoms with van der Waals surface area (Å²) in [6.07, 6.45) is 0. The van der Waals surface area contributed by atoms with E-state index in [9.17, 15) is 4.79 Å². The normalized spacial score (nSPS) is 7.12. The van der Waals surface area contributed by atoms with Crippen molar-refractivity contribution in [2.24, 2.45) is 10.8 Å². The molecule has 8 heavy (non-hydrogen) atoms. The topological polar surface area (TPSA) is 67.5 Å². The molecule has 0 aromatic rings. The number of nitrogens with zero attached hydrogens (tertiary/aromatic N) is 1. The van der Waals surface area contributed by atoms with Gasteiger partial charge in [-0.2, -0.15) is 0 Å². The van der Waals surface area contributed by atoms with Crippen LogP contribution in [0.2, 0.25) is 0 Å². The molecule has 0 aliphatic rings. The smallest absolute Gasteiger partial charge is 0.254 e. The van der Waals surface area contributed by atoms with Gasteiger partial charge in [-0.05, 0) is 6.58 Å². The Hall–Kier alpha value is -1.12. The van der Waals surface area contributed by atoms with E-state index in [1.807, 2.05) is 0 Å². The summed E-state index contributed by atoms with van der Waals surface area (Å²) in [6, 6.07) is 0. The van der Waals surface area contributed by atoms with E-state index in [0.29, 0.717) is 0 Å². The highest BCUT2D eigenvalue weighted by Crippen LogP contribution is 1.55. The van der Waals surface area contributed by atoms with Gasteiger partial charge in [0.25, 0.3) is 5.91 Å². The third-order valence-corrected chi connectivity index (χ3v) is 0.445. The molecule has 0 aliphatic carbocycles. The number of nitrogens with one attached hydrogen (secondary N) is 1. The number of amides is 1. The first-order valence-corrected chi connectivity index (χ1v) is 2.02. The van der Waals surface area contributed by atoms with E-state index in [4.69, 9.17) is 5.73 Å². The molecule has 1 amide bonds. The average molecular weight is 113 g/mol. The van der Waals surface area contributed by atoms with Crippen molar-refractivity contribution in [3.05, 3.63) is 6.58 Å². The Morgan fingerprint density at radius 3 is 3.00 bits per heavy atom. The fourth-order valence-corrected chi connectivity index (χ4v) is 0.148. The van der Waals surface area contributed by atoms with Crippen LogP contribution >= 0.6 is 0 Å². The third kappa shape index (κ3) is 3.08. The van der Waals surface area contributed by atoms with Crippen molar-refractivity contribution in [1.29, 1.82) is 0 Å². The molecule has 0 unspecified atom stereocenters. The molecule has 0 saturated carbocycles. The highest BCUT2D eigenvalue weighted by atomic mass is 16.2. The van der Waals surface area contributed by atoms with Gasteiger partial charge in [0.1, 0.15) is 0 Å². The molecule has 0 saturated heterocycles. The van der Waals surface area contributed by atoms with Gasteiger partial charge in [0.15, 0.2) is 0 Å². The van der Waals surface area contributed by atoms with E-state index in [-0.39, 0.29) is 12.5 Å². The molecular weight excluding hydrogens is 106 g/mol. The molecule has 3 N–H and O–H groups in total. The second kappa shape index (κ2) is 4.05. The maximum Gasteiger partial charge on any atom is 0.254 e. The summed E-state index contributed by atoms with van der Waals surface area (Å²) >= 11 is 0. The summed E-state index contributed by atoms with van der Waals surface area (Å²) in [5, 5.41) is 3.20. The second-order valence-corrected chi connectivity index (χ2v) is 1.01. The number of hydrogen-bond acceptors (Lipinski definition) is 3. The average Bonchev–Trinajstić information content (AvgIpc) is 1.83. The summed E-state index contributed by atoms with van der Waals surface area (Å²) in [6.45, 7) is 3.06. The van der Waals surface area contributed by atoms with E-state index < -0.39 is 0 Å². The first-order chi connectivity index (χ1) is 3.81. The second-order valence-electron chi connectivity index (χ2n) is 1.01. The van der Waals surface area contributed by atoms with Crippen LogP contribution in [-0.4, -0.2) is 18.3 Å². The van der Waals surface area contributed by atoms with Crippen LogP contribution in [0.3, 0.4) is 0 Å². The predicted octanol–water partition coefficient (Wildman–Crippen LogP) is -1.17. The zero-order valence-corrected chi connectivity index (χ0v) is 4.35. The Labute approximate surface area is 47.1 Å². The number of rotatable bonds is 2. The van der Waals surface area contributed by atoms with Gasteiger partial charge < -0.3 is 5.73 Å². The van der Waals surface area contributed by atoms with Gasteiger partial charge in [-0.15, -0.1) is 5.10 Å². The summed E-state index contributed by atoms with van der Waals surface area (Å²) in [4.78, 5) is 10.2. The first kappa shape index (κ1) is 6.88. The number of hydrogen-bond donors (Lipinski definition) is 2. The van der Waals surface area contributed by atoms with Crippen LogP contribution in [0.15, 0.2) is 11.7 Å². The van der Waals surface area contributed by atoms with E-state index in [1.54, 1.807) is 0 Å². The molecule has 0 heterocycles. The molecule has 0 bridgehead atoms. The van der Waals surface area contributed by atoms with Gasteiger partial charge >= 0.3 is 0 Å². The summed E-state index contributed by atoms with van der Waals surface area (Å²) in [5.74, 6) is 1.77. The van der Waals surface area contributed by atoms with Crippen molar-refractivity contribution in [3.8, 4) is 0 Å². The molecular formula is C4H7N3O. The lowest BCUT2D eigenvalue weighted by molar-refractivity contribution is -0.119. The molecule has 0 radical (unpaired) electrons. The Bertz CT molecular complexity index is 125. The van der Waals surface area contributed by atoms with Gasteiger partial charge in [0.05, 0.1) is 6.54 Å². The van der Waals surface area contributed by atoms with Crippen LogP contribution < -0.4 is 11.2 Å². The van der Waals surface area contributed by atoms with Gasteiger partial charge in [0, 0.05) is 5.87 Å². The maximum atomic E-state index is 10.2. The molecule has 44 valence electrons. The molecule has 0 aromatic heterocycles. The minimum absolute atomic E-state index is 0.0643. The maximum absolute atomic E-state index is 10.2. The van der Waals surface area contributed by atoms with Gasteiger partial charge in [-0.1, -0.05) is 0 Å². The minimum Gasteiger partial charge on any atom is -0.322 e. The lowest BCUT2D eigenvalue weighted by Crippen LogP contribution is -2.25. The fraction of sp³-hybridized carbons (Fsp3) is 0.250.